The zero-order valence-electron chi connectivity index (χ0n) is 21.0. The highest BCUT2D eigenvalue weighted by molar-refractivity contribution is 5.88. The number of methoxy groups -OCH3 is 1. The van der Waals surface area contributed by atoms with Crippen molar-refractivity contribution in [2.24, 2.45) is 0 Å². The van der Waals surface area contributed by atoms with Gasteiger partial charge in [-0.25, -0.2) is 23.4 Å². The van der Waals surface area contributed by atoms with Crippen molar-refractivity contribution in [1.29, 1.82) is 5.26 Å². The van der Waals surface area contributed by atoms with Crippen LogP contribution in [0.5, 0.6) is 5.75 Å². The fourth-order valence-corrected chi connectivity index (χ4v) is 4.96. The van der Waals surface area contributed by atoms with Gasteiger partial charge < -0.3 is 15.8 Å². The Morgan fingerprint density at radius 3 is 2.61 bits per heavy atom. The topological polar surface area (TPSA) is 118 Å². The lowest BCUT2D eigenvalue weighted by molar-refractivity contribution is 0.113. The Bertz CT molecular complexity index is 1360. The Balaban J connectivity index is 1.82. The van der Waals surface area contributed by atoms with Gasteiger partial charge in [0, 0.05) is 48.9 Å². The number of halogens is 2. The van der Waals surface area contributed by atoms with Crippen molar-refractivity contribution in [3.8, 4) is 11.8 Å². The Kier molecular flexibility index (Phi) is 6.82. The van der Waals surface area contributed by atoms with Gasteiger partial charge in [-0.1, -0.05) is 6.58 Å². The molecule has 36 heavy (non-hydrogen) atoms. The van der Waals surface area contributed by atoms with E-state index in [1.54, 1.807) is 13.2 Å². The maximum atomic E-state index is 13.8. The number of nitriles is 1. The van der Waals surface area contributed by atoms with Crippen molar-refractivity contribution in [2.45, 2.75) is 45.2 Å². The number of nitrogens with two attached hydrogens (primary N) is 1. The van der Waals surface area contributed by atoms with Gasteiger partial charge in [0.2, 0.25) is 0 Å². The van der Waals surface area contributed by atoms with Gasteiger partial charge in [-0.15, -0.1) is 0 Å². The molecule has 1 saturated heterocycles. The van der Waals surface area contributed by atoms with Crippen molar-refractivity contribution >= 4 is 16.9 Å². The van der Waals surface area contributed by atoms with Crippen LogP contribution in [0.25, 0.3) is 11.0 Å². The van der Waals surface area contributed by atoms with Crippen LogP contribution in [-0.4, -0.2) is 57.9 Å². The van der Waals surface area contributed by atoms with Crippen LogP contribution in [0.1, 0.15) is 60.2 Å². The molecule has 1 aliphatic heterocycles. The molecule has 2 atom stereocenters. The van der Waals surface area contributed by atoms with E-state index in [1.165, 1.54) is 11.0 Å². The van der Waals surface area contributed by atoms with Crippen molar-refractivity contribution in [3.05, 3.63) is 52.6 Å². The standard InChI is InChI=1S/C25H30F2N8O/c1-12-16(8-28)7-18(22(36-6)19(12)17-9-34(10-17)14(3)13(2)30-5)15(4)35-25-20(21(33-35)23(26)27)24(29)31-11-32-25/h7,11,14-15,17,23,30H,2,9-10H2,1,3-6H3,(H2,29,31,32)/t14-,15?/m0/s1. The lowest BCUT2D eigenvalue weighted by atomic mass is 9.82. The zero-order chi connectivity index (χ0) is 26.3. The molecular formula is C25H30F2N8O. The quantitative estimate of drug-likeness (QED) is 0.485. The number of hydrogen-bond donors (Lipinski definition) is 2. The summed E-state index contributed by atoms with van der Waals surface area (Å²) in [6.07, 6.45) is -1.63. The van der Waals surface area contributed by atoms with Crippen LogP contribution < -0.4 is 15.8 Å². The number of benzene rings is 1. The molecule has 0 amide bonds. The number of fused-ring (bicyclic) bond motifs is 1. The number of likely N-dealkylation sites (N-methyl/N-ethyl adjacent to an activating group) is 1. The minimum absolute atomic E-state index is 0.0274. The molecule has 9 nitrogen and oxygen atoms in total. The van der Waals surface area contributed by atoms with Crippen LogP contribution in [0.3, 0.4) is 0 Å². The molecular weight excluding hydrogens is 466 g/mol. The van der Waals surface area contributed by atoms with Gasteiger partial charge in [-0.3, -0.25) is 4.90 Å². The van der Waals surface area contributed by atoms with Crippen LogP contribution in [0, 0.1) is 18.3 Å². The first-order valence-electron chi connectivity index (χ1n) is 11.6. The van der Waals surface area contributed by atoms with E-state index in [2.05, 4.69) is 44.9 Å². The van der Waals surface area contributed by atoms with Crippen molar-refractivity contribution in [3.63, 3.8) is 0 Å². The van der Waals surface area contributed by atoms with Crippen molar-refractivity contribution in [2.75, 3.05) is 33.0 Å². The minimum Gasteiger partial charge on any atom is -0.496 e. The van der Waals surface area contributed by atoms with Gasteiger partial charge in [-0.05, 0) is 32.4 Å². The molecule has 3 aromatic rings. The van der Waals surface area contributed by atoms with Crippen LogP contribution in [0.15, 0.2) is 24.7 Å². The van der Waals surface area contributed by atoms with E-state index in [-0.39, 0.29) is 28.8 Å². The molecule has 2 aromatic heterocycles. The molecule has 0 saturated carbocycles. The SMILES string of the molecule is C=C(NC)[C@H](C)N1CC(c2c(C)c(C#N)cc(C(C)n3nc(C(F)F)c4c(N)ncnc43)c2OC)C1. The number of rotatable bonds is 8. The molecule has 1 unspecified atom stereocenters. The predicted molar refractivity (Wildman–Crippen MR) is 133 cm³/mol. The number of anilines is 1. The van der Waals surface area contributed by atoms with Gasteiger partial charge >= 0.3 is 0 Å². The fraction of sp³-hybridized carbons (Fsp3) is 0.440. The third-order valence-corrected chi connectivity index (χ3v) is 7.20. The minimum atomic E-state index is -2.85. The van der Waals surface area contributed by atoms with E-state index in [0.717, 1.165) is 29.9 Å². The Labute approximate surface area is 208 Å². The number of ether oxygens (including phenoxy) is 1. The summed E-state index contributed by atoms with van der Waals surface area (Å²) >= 11 is 0. The number of nitrogens with one attached hydrogen (secondary N) is 1. The zero-order valence-corrected chi connectivity index (χ0v) is 21.0. The van der Waals surface area contributed by atoms with E-state index in [4.69, 9.17) is 10.5 Å². The highest BCUT2D eigenvalue weighted by atomic mass is 19.3. The second kappa shape index (κ2) is 9.70. The summed E-state index contributed by atoms with van der Waals surface area (Å²) in [4.78, 5) is 10.3. The summed E-state index contributed by atoms with van der Waals surface area (Å²) in [5.41, 5.74) is 9.50. The Morgan fingerprint density at radius 1 is 1.33 bits per heavy atom. The second-order valence-electron chi connectivity index (χ2n) is 9.06. The van der Waals surface area contributed by atoms with Gasteiger partial charge in [0.25, 0.3) is 6.43 Å². The smallest absolute Gasteiger partial charge is 0.282 e. The maximum Gasteiger partial charge on any atom is 0.282 e. The van der Waals surface area contributed by atoms with Gasteiger partial charge in [0.1, 0.15) is 23.6 Å². The monoisotopic (exact) mass is 496 g/mol. The molecule has 1 aliphatic rings. The summed E-state index contributed by atoms with van der Waals surface area (Å²) < 4.78 is 34.9. The summed E-state index contributed by atoms with van der Waals surface area (Å²) in [6.45, 7) is 11.4. The maximum absolute atomic E-state index is 13.8. The summed E-state index contributed by atoms with van der Waals surface area (Å²) in [5, 5.41) is 17.2. The first-order chi connectivity index (χ1) is 17.1. The molecule has 4 rings (SSSR count). The number of nitrogen functional groups attached to an aromatic ring is 1. The Morgan fingerprint density at radius 2 is 2.03 bits per heavy atom. The molecule has 3 N–H and O–H groups in total. The number of likely N-dealkylation sites (tertiary alicyclic amines) is 1. The fourth-order valence-electron chi connectivity index (χ4n) is 4.96. The average molecular weight is 497 g/mol. The highest BCUT2D eigenvalue weighted by Crippen LogP contribution is 2.43. The van der Waals surface area contributed by atoms with E-state index < -0.39 is 18.2 Å². The highest BCUT2D eigenvalue weighted by Gasteiger charge is 2.37. The molecule has 0 bridgehead atoms. The lowest BCUT2D eigenvalue weighted by Gasteiger charge is -2.45. The summed E-state index contributed by atoms with van der Waals surface area (Å²) in [7, 11) is 3.43. The first-order valence-corrected chi connectivity index (χ1v) is 11.6. The molecule has 0 aliphatic carbocycles. The number of nitrogens with zero attached hydrogens (tertiary/aromatic N) is 6. The Hall–Kier alpha value is -3.78. The van der Waals surface area contributed by atoms with Crippen LogP contribution >= 0.6 is 0 Å². The molecule has 3 heterocycles. The van der Waals surface area contributed by atoms with Crippen LogP contribution in [0.4, 0.5) is 14.6 Å². The van der Waals surface area contributed by atoms with Gasteiger partial charge in [0.05, 0.1) is 30.2 Å². The molecule has 11 heteroatoms. The van der Waals surface area contributed by atoms with Crippen molar-refractivity contribution < 1.29 is 13.5 Å². The number of alkyl halides is 2. The number of aromatic nitrogens is 4. The van der Waals surface area contributed by atoms with E-state index in [0.29, 0.717) is 16.9 Å². The van der Waals surface area contributed by atoms with Crippen LogP contribution in [-0.2, 0) is 0 Å². The average Bonchev–Trinajstić information content (AvgIpc) is 3.24. The van der Waals surface area contributed by atoms with Crippen molar-refractivity contribution in [1.82, 2.24) is 30.0 Å². The molecule has 1 fully saturated rings. The lowest BCUT2D eigenvalue weighted by Crippen LogP contribution is -2.51. The third kappa shape index (κ3) is 4.01. The molecule has 0 radical (unpaired) electrons. The summed E-state index contributed by atoms with van der Waals surface area (Å²) in [5.74, 6) is 0.693. The normalized spacial score (nSPS) is 16.0. The van der Waals surface area contributed by atoms with Gasteiger partial charge in [-0.2, -0.15) is 10.4 Å². The predicted octanol–water partition coefficient (Wildman–Crippen LogP) is 3.66. The summed E-state index contributed by atoms with van der Waals surface area (Å²) in [6, 6.07) is 3.60. The van der Waals surface area contributed by atoms with Gasteiger partial charge in [0.15, 0.2) is 5.65 Å². The largest absolute Gasteiger partial charge is 0.496 e. The first kappa shape index (κ1) is 25.3. The third-order valence-electron chi connectivity index (χ3n) is 7.20. The van der Waals surface area contributed by atoms with E-state index in [1.807, 2.05) is 20.9 Å². The van der Waals surface area contributed by atoms with E-state index in [9.17, 15) is 14.0 Å². The molecule has 0 spiro atoms. The molecule has 190 valence electrons. The van der Waals surface area contributed by atoms with Crippen LogP contribution in [0.2, 0.25) is 0 Å². The number of hydrogen-bond acceptors (Lipinski definition) is 8. The second-order valence-corrected chi connectivity index (χ2v) is 9.06. The van der Waals surface area contributed by atoms with E-state index >= 15 is 0 Å². The molecule has 1 aromatic carbocycles.